The molecular weight excluding hydrogens is 304 g/mol. The fourth-order valence-corrected chi connectivity index (χ4v) is 4.87. The second-order valence-electron chi connectivity index (χ2n) is 4.88. The molecule has 1 fully saturated rings. The molecule has 0 aliphatic carbocycles. The summed E-state index contributed by atoms with van der Waals surface area (Å²) in [6.07, 6.45) is 2.20. The molecule has 0 amide bonds. The number of halogens is 1. The molecule has 0 aromatic carbocycles. The Hall–Kier alpha value is -0.140. The summed E-state index contributed by atoms with van der Waals surface area (Å²) in [4.78, 5) is 1.02. The summed E-state index contributed by atoms with van der Waals surface area (Å²) in [5.74, 6) is 0.384. The van der Waals surface area contributed by atoms with E-state index in [0.29, 0.717) is 10.1 Å². The van der Waals surface area contributed by atoms with Crippen LogP contribution in [0, 0.1) is 12.8 Å². The predicted molar refractivity (Wildman–Crippen MR) is 81.7 cm³/mol. The monoisotopic (exact) mass is 324 g/mol. The standard InChI is InChI=1S/C12H20N2O2S2.ClH/c1-9-5-6-12(17-9)18(15,16)14-10(2)11-4-3-7-13-8-11;/h5-6,10-11,13-14H,3-4,7-8H2,1-2H3;1H. The lowest BCUT2D eigenvalue weighted by Gasteiger charge is -2.28. The zero-order chi connectivity index (χ0) is 13.2. The molecule has 2 N–H and O–H groups in total. The first-order valence-electron chi connectivity index (χ1n) is 6.28. The van der Waals surface area contributed by atoms with Crippen molar-refractivity contribution in [2.75, 3.05) is 13.1 Å². The van der Waals surface area contributed by atoms with Crippen LogP contribution in [0.5, 0.6) is 0 Å². The summed E-state index contributed by atoms with van der Waals surface area (Å²) < 4.78 is 27.6. The second-order valence-corrected chi connectivity index (χ2v) is 8.11. The topological polar surface area (TPSA) is 58.2 Å². The summed E-state index contributed by atoms with van der Waals surface area (Å²) in [6.45, 7) is 5.81. The molecule has 110 valence electrons. The van der Waals surface area contributed by atoms with Gasteiger partial charge in [0.05, 0.1) is 0 Å². The Morgan fingerprint density at radius 1 is 1.47 bits per heavy atom. The van der Waals surface area contributed by atoms with Gasteiger partial charge in [-0.1, -0.05) is 0 Å². The number of rotatable bonds is 4. The summed E-state index contributed by atoms with van der Waals surface area (Å²) in [6, 6.07) is 3.49. The number of piperidine rings is 1. The fourth-order valence-electron chi connectivity index (χ4n) is 2.26. The molecule has 0 spiro atoms. The maximum absolute atomic E-state index is 12.2. The van der Waals surface area contributed by atoms with Crippen molar-refractivity contribution in [2.24, 2.45) is 5.92 Å². The average Bonchev–Trinajstić information content (AvgIpc) is 2.77. The third kappa shape index (κ3) is 4.43. The van der Waals surface area contributed by atoms with Crippen molar-refractivity contribution in [1.82, 2.24) is 10.0 Å². The zero-order valence-electron chi connectivity index (χ0n) is 11.2. The van der Waals surface area contributed by atoms with Gasteiger partial charge in [0.1, 0.15) is 4.21 Å². The molecular formula is C12H21ClN2O2S2. The van der Waals surface area contributed by atoms with E-state index >= 15 is 0 Å². The van der Waals surface area contributed by atoms with E-state index < -0.39 is 10.0 Å². The number of hydrogen-bond donors (Lipinski definition) is 2. The summed E-state index contributed by atoms with van der Waals surface area (Å²) in [7, 11) is -3.35. The van der Waals surface area contributed by atoms with E-state index in [9.17, 15) is 8.42 Å². The molecule has 2 unspecified atom stereocenters. The molecule has 2 heterocycles. The minimum absolute atomic E-state index is 0. The van der Waals surface area contributed by atoms with Crippen LogP contribution >= 0.6 is 23.7 Å². The van der Waals surface area contributed by atoms with Gasteiger partial charge in [-0.3, -0.25) is 0 Å². The number of sulfonamides is 1. The molecule has 1 aliphatic heterocycles. The van der Waals surface area contributed by atoms with Crippen molar-refractivity contribution in [3.05, 3.63) is 17.0 Å². The first kappa shape index (κ1) is 16.9. The van der Waals surface area contributed by atoms with Crippen molar-refractivity contribution < 1.29 is 8.42 Å². The van der Waals surface area contributed by atoms with Crippen LogP contribution in [0.2, 0.25) is 0 Å². The van der Waals surface area contributed by atoms with Crippen molar-refractivity contribution in [1.29, 1.82) is 0 Å². The zero-order valence-corrected chi connectivity index (χ0v) is 13.6. The Kier molecular flexibility index (Phi) is 6.26. The Morgan fingerprint density at radius 3 is 2.74 bits per heavy atom. The van der Waals surface area contributed by atoms with Crippen molar-refractivity contribution in [3.63, 3.8) is 0 Å². The largest absolute Gasteiger partial charge is 0.316 e. The van der Waals surface area contributed by atoms with Gasteiger partial charge in [0.25, 0.3) is 0 Å². The van der Waals surface area contributed by atoms with Crippen LogP contribution in [0.3, 0.4) is 0 Å². The summed E-state index contributed by atoms with van der Waals surface area (Å²) in [5, 5.41) is 3.31. The average molecular weight is 325 g/mol. The molecule has 1 aromatic rings. The second kappa shape index (κ2) is 7.04. The predicted octanol–water partition coefficient (Wildman–Crippen LogP) is 2.14. The van der Waals surface area contributed by atoms with Gasteiger partial charge in [0, 0.05) is 10.9 Å². The normalized spacial score (nSPS) is 21.7. The van der Waals surface area contributed by atoms with E-state index in [2.05, 4.69) is 10.0 Å². The van der Waals surface area contributed by atoms with Crippen LogP contribution in [-0.4, -0.2) is 27.5 Å². The Bertz CT molecular complexity index is 496. The highest BCUT2D eigenvalue weighted by Crippen LogP contribution is 2.22. The third-order valence-corrected chi connectivity index (χ3v) is 6.42. The van der Waals surface area contributed by atoms with Gasteiger partial charge in [-0.15, -0.1) is 23.7 Å². The van der Waals surface area contributed by atoms with E-state index in [1.807, 2.05) is 19.9 Å². The van der Waals surface area contributed by atoms with E-state index in [4.69, 9.17) is 0 Å². The smallest absolute Gasteiger partial charge is 0.250 e. The Labute approximate surface area is 125 Å². The van der Waals surface area contributed by atoms with Gasteiger partial charge in [0.2, 0.25) is 10.0 Å². The van der Waals surface area contributed by atoms with Crippen molar-refractivity contribution in [2.45, 2.75) is 36.9 Å². The molecule has 0 saturated carbocycles. The molecule has 2 rings (SSSR count). The highest BCUT2D eigenvalue weighted by Gasteiger charge is 2.25. The van der Waals surface area contributed by atoms with E-state index in [0.717, 1.165) is 30.8 Å². The number of aryl methyl sites for hydroxylation is 1. The Morgan fingerprint density at radius 2 is 2.21 bits per heavy atom. The SMILES string of the molecule is Cc1ccc(S(=O)(=O)NC(C)C2CCCNC2)s1.Cl. The first-order valence-corrected chi connectivity index (χ1v) is 8.58. The maximum Gasteiger partial charge on any atom is 0.250 e. The Balaban J connectivity index is 0.00000180. The molecule has 4 nitrogen and oxygen atoms in total. The van der Waals surface area contributed by atoms with E-state index in [-0.39, 0.29) is 18.4 Å². The third-order valence-electron chi connectivity index (χ3n) is 3.36. The number of nitrogens with one attached hydrogen (secondary N) is 2. The first-order chi connectivity index (χ1) is 8.49. The van der Waals surface area contributed by atoms with Crippen molar-refractivity contribution in [3.8, 4) is 0 Å². The van der Waals surface area contributed by atoms with Gasteiger partial charge in [-0.25, -0.2) is 13.1 Å². The van der Waals surface area contributed by atoms with Gasteiger partial charge in [0.15, 0.2) is 0 Å². The van der Waals surface area contributed by atoms with Crippen LogP contribution < -0.4 is 10.0 Å². The fraction of sp³-hybridized carbons (Fsp3) is 0.667. The summed E-state index contributed by atoms with van der Waals surface area (Å²) >= 11 is 1.32. The number of thiophene rings is 1. The van der Waals surface area contributed by atoms with Crippen LogP contribution in [0.1, 0.15) is 24.6 Å². The maximum atomic E-state index is 12.2. The minimum atomic E-state index is -3.35. The van der Waals surface area contributed by atoms with Crippen LogP contribution in [0.15, 0.2) is 16.3 Å². The lowest BCUT2D eigenvalue weighted by Crippen LogP contribution is -2.44. The van der Waals surface area contributed by atoms with Crippen molar-refractivity contribution >= 4 is 33.8 Å². The molecule has 0 radical (unpaired) electrons. The van der Waals surface area contributed by atoms with Crippen LogP contribution in [0.4, 0.5) is 0 Å². The van der Waals surface area contributed by atoms with Gasteiger partial charge in [-0.2, -0.15) is 0 Å². The van der Waals surface area contributed by atoms with Gasteiger partial charge < -0.3 is 5.32 Å². The molecule has 1 aromatic heterocycles. The lowest BCUT2D eigenvalue weighted by molar-refractivity contribution is 0.320. The molecule has 2 atom stereocenters. The van der Waals surface area contributed by atoms with E-state index in [1.54, 1.807) is 6.07 Å². The number of hydrogen-bond acceptors (Lipinski definition) is 4. The minimum Gasteiger partial charge on any atom is -0.316 e. The molecule has 1 saturated heterocycles. The highest BCUT2D eigenvalue weighted by atomic mass is 35.5. The van der Waals surface area contributed by atoms with Gasteiger partial charge in [-0.05, 0) is 57.8 Å². The van der Waals surface area contributed by atoms with Crippen LogP contribution in [-0.2, 0) is 10.0 Å². The molecule has 7 heteroatoms. The lowest BCUT2D eigenvalue weighted by atomic mass is 9.94. The van der Waals surface area contributed by atoms with Crippen LogP contribution in [0.25, 0.3) is 0 Å². The molecule has 0 bridgehead atoms. The molecule has 1 aliphatic rings. The quantitative estimate of drug-likeness (QED) is 0.892. The van der Waals surface area contributed by atoms with Gasteiger partial charge >= 0.3 is 0 Å². The summed E-state index contributed by atoms with van der Waals surface area (Å²) in [5.41, 5.74) is 0. The highest BCUT2D eigenvalue weighted by molar-refractivity contribution is 7.91. The van der Waals surface area contributed by atoms with E-state index in [1.165, 1.54) is 11.3 Å². The molecule has 19 heavy (non-hydrogen) atoms.